The number of nitrogens with one attached hydrogen (secondary N) is 1. The number of benzene rings is 2. The Hall–Kier alpha value is -2.60. The quantitative estimate of drug-likeness (QED) is 0.784. The van der Waals surface area contributed by atoms with E-state index in [1.807, 2.05) is 43.3 Å². The summed E-state index contributed by atoms with van der Waals surface area (Å²) in [5.74, 6) is 0.988. The van der Waals surface area contributed by atoms with E-state index in [0.29, 0.717) is 16.6 Å². The van der Waals surface area contributed by atoms with Crippen molar-refractivity contribution < 1.29 is 14.3 Å². The number of hydrogen-bond acceptors (Lipinski definition) is 5. The lowest BCUT2D eigenvalue weighted by molar-refractivity contribution is -0.125. The van der Waals surface area contributed by atoms with Gasteiger partial charge in [0.1, 0.15) is 6.61 Å². The molecule has 0 saturated carbocycles. The zero-order chi connectivity index (χ0) is 15.8. The molecule has 1 atom stereocenters. The van der Waals surface area contributed by atoms with Crippen molar-refractivity contribution in [3.05, 3.63) is 48.0 Å². The van der Waals surface area contributed by atoms with Crippen LogP contribution in [0.25, 0.3) is 10.2 Å². The van der Waals surface area contributed by atoms with Crippen molar-refractivity contribution in [3.63, 3.8) is 0 Å². The Balaban J connectivity index is 1.52. The highest BCUT2D eigenvalue weighted by Gasteiger charge is 2.27. The van der Waals surface area contributed by atoms with E-state index < -0.39 is 6.10 Å². The number of aromatic nitrogens is 1. The molecule has 2 aromatic carbocycles. The number of anilines is 1. The number of hydrogen-bond donors (Lipinski definition) is 1. The van der Waals surface area contributed by atoms with E-state index in [0.717, 1.165) is 15.8 Å². The summed E-state index contributed by atoms with van der Waals surface area (Å²) in [6.45, 7) is 2.19. The summed E-state index contributed by atoms with van der Waals surface area (Å²) in [4.78, 5) is 16.9. The number of carbonyl (C=O) groups excluding carboxylic acids is 1. The van der Waals surface area contributed by atoms with Gasteiger partial charge in [-0.15, -0.1) is 0 Å². The second-order valence-electron chi connectivity index (χ2n) is 5.29. The molecule has 0 fully saturated rings. The van der Waals surface area contributed by atoms with Gasteiger partial charge in [0.05, 0.1) is 10.2 Å². The fourth-order valence-electron chi connectivity index (χ4n) is 2.47. The van der Waals surface area contributed by atoms with Crippen LogP contribution >= 0.6 is 11.3 Å². The van der Waals surface area contributed by atoms with Crippen LogP contribution in [0.3, 0.4) is 0 Å². The van der Waals surface area contributed by atoms with E-state index in [1.54, 1.807) is 6.07 Å². The van der Waals surface area contributed by atoms with Crippen LogP contribution in [0.15, 0.2) is 42.5 Å². The second-order valence-corrected chi connectivity index (χ2v) is 6.32. The van der Waals surface area contributed by atoms with Crippen LogP contribution in [0.1, 0.15) is 5.56 Å². The molecular formula is C17H14N2O3S. The molecule has 3 aromatic rings. The topological polar surface area (TPSA) is 60.5 Å². The summed E-state index contributed by atoms with van der Waals surface area (Å²) >= 11 is 1.45. The lowest BCUT2D eigenvalue weighted by atomic mass is 10.2. The van der Waals surface area contributed by atoms with E-state index in [4.69, 9.17) is 9.47 Å². The van der Waals surface area contributed by atoms with Crippen LogP contribution in [0.2, 0.25) is 0 Å². The first-order valence-corrected chi connectivity index (χ1v) is 8.08. The summed E-state index contributed by atoms with van der Waals surface area (Å²) in [7, 11) is 0. The third kappa shape index (κ3) is 2.61. The minimum absolute atomic E-state index is 0.187. The molecule has 1 aliphatic heterocycles. The normalized spacial score (nSPS) is 16.3. The summed E-state index contributed by atoms with van der Waals surface area (Å²) in [5, 5.41) is 3.39. The van der Waals surface area contributed by atoms with Gasteiger partial charge >= 0.3 is 0 Å². The number of fused-ring (bicyclic) bond motifs is 2. The van der Waals surface area contributed by atoms with Crippen molar-refractivity contribution >= 4 is 32.6 Å². The lowest BCUT2D eigenvalue weighted by Crippen LogP contribution is -2.40. The smallest absolute Gasteiger partial charge is 0.270 e. The van der Waals surface area contributed by atoms with Crippen LogP contribution in [-0.2, 0) is 4.79 Å². The van der Waals surface area contributed by atoms with Crippen molar-refractivity contribution in [1.82, 2.24) is 4.98 Å². The number of amides is 1. The fraction of sp³-hybridized carbons (Fsp3) is 0.176. The number of carbonyl (C=O) groups is 1. The maximum atomic E-state index is 12.4. The standard InChI is InChI=1S/C17H14N2O3S/c1-10-5-4-8-14-15(10)18-17(23-14)19-16(20)13-9-21-11-6-2-3-7-12(11)22-13/h2-8,13H,9H2,1H3,(H,18,19,20)/t13-/m0/s1. The summed E-state index contributed by atoms with van der Waals surface area (Å²) in [6, 6.07) is 13.3. The first-order chi connectivity index (χ1) is 11.2. The summed E-state index contributed by atoms with van der Waals surface area (Å²) in [6.07, 6.45) is -0.682. The highest BCUT2D eigenvalue weighted by molar-refractivity contribution is 7.22. The van der Waals surface area contributed by atoms with Gasteiger partial charge in [-0.05, 0) is 30.7 Å². The highest BCUT2D eigenvalue weighted by Crippen LogP contribution is 2.32. The Kier molecular flexibility index (Phi) is 3.38. The van der Waals surface area contributed by atoms with Crippen LogP contribution in [-0.4, -0.2) is 23.6 Å². The average Bonchev–Trinajstić information content (AvgIpc) is 2.98. The molecule has 0 saturated heterocycles. The monoisotopic (exact) mass is 326 g/mol. The van der Waals surface area contributed by atoms with E-state index in [1.165, 1.54) is 11.3 Å². The SMILES string of the molecule is Cc1cccc2sc(NC(=O)[C@@H]3COc4ccccc4O3)nc12. The molecule has 23 heavy (non-hydrogen) atoms. The maximum Gasteiger partial charge on any atom is 0.270 e. The average molecular weight is 326 g/mol. The van der Waals surface area contributed by atoms with Gasteiger partial charge in [0.15, 0.2) is 16.6 Å². The predicted octanol–water partition coefficient (Wildman–Crippen LogP) is 3.38. The van der Waals surface area contributed by atoms with Gasteiger partial charge in [-0.3, -0.25) is 10.1 Å². The van der Waals surface area contributed by atoms with Crippen LogP contribution in [0.4, 0.5) is 5.13 Å². The molecule has 1 amide bonds. The molecule has 0 unspecified atom stereocenters. The third-order valence-electron chi connectivity index (χ3n) is 3.65. The van der Waals surface area contributed by atoms with Gasteiger partial charge in [0, 0.05) is 0 Å². The summed E-state index contributed by atoms with van der Waals surface area (Å²) in [5.41, 5.74) is 2.00. The predicted molar refractivity (Wildman–Crippen MR) is 89.3 cm³/mol. The Morgan fingerprint density at radius 3 is 2.87 bits per heavy atom. The Labute approximate surface area is 136 Å². The Bertz CT molecular complexity index is 890. The molecule has 6 heteroatoms. The van der Waals surface area contributed by atoms with Crippen molar-refractivity contribution in [2.75, 3.05) is 11.9 Å². The number of ether oxygens (including phenoxy) is 2. The molecule has 0 bridgehead atoms. The van der Waals surface area contributed by atoms with Gasteiger partial charge in [-0.1, -0.05) is 35.6 Å². The number of rotatable bonds is 2. The second kappa shape index (κ2) is 5.55. The maximum absolute atomic E-state index is 12.4. The van der Waals surface area contributed by atoms with Crippen molar-refractivity contribution in [2.24, 2.45) is 0 Å². The first-order valence-electron chi connectivity index (χ1n) is 7.26. The molecule has 0 radical (unpaired) electrons. The molecule has 4 rings (SSSR count). The minimum Gasteiger partial charge on any atom is -0.485 e. The molecule has 0 spiro atoms. The molecular weight excluding hydrogens is 312 g/mol. The van der Waals surface area contributed by atoms with E-state index in [-0.39, 0.29) is 12.5 Å². The molecule has 1 aromatic heterocycles. The van der Waals surface area contributed by atoms with E-state index in [9.17, 15) is 4.79 Å². The minimum atomic E-state index is -0.682. The third-order valence-corrected chi connectivity index (χ3v) is 4.59. The number of thiazole rings is 1. The van der Waals surface area contributed by atoms with Crippen LogP contribution in [0.5, 0.6) is 11.5 Å². The van der Waals surface area contributed by atoms with Crippen LogP contribution in [0, 0.1) is 6.92 Å². The lowest BCUT2D eigenvalue weighted by Gasteiger charge is -2.25. The molecule has 0 aliphatic carbocycles. The highest BCUT2D eigenvalue weighted by atomic mass is 32.1. The van der Waals surface area contributed by atoms with Gasteiger partial charge in [-0.2, -0.15) is 0 Å². The number of aryl methyl sites for hydroxylation is 1. The largest absolute Gasteiger partial charge is 0.485 e. The molecule has 2 heterocycles. The van der Waals surface area contributed by atoms with Gasteiger partial charge < -0.3 is 9.47 Å². The van der Waals surface area contributed by atoms with Crippen molar-refractivity contribution in [3.8, 4) is 11.5 Å². The van der Waals surface area contributed by atoms with Crippen molar-refractivity contribution in [1.29, 1.82) is 0 Å². The fourth-order valence-corrected chi connectivity index (χ4v) is 3.42. The van der Waals surface area contributed by atoms with E-state index >= 15 is 0 Å². The Morgan fingerprint density at radius 1 is 1.22 bits per heavy atom. The zero-order valence-electron chi connectivity index (χ0n) is 12.4. The Morgan fingerprint density at radius 2 is 2.04 bits per heavy atom. The first kappa shape index (κ1) is 14.0. The zero-order valence-corrected chi connectivity index (χ0v) is 13.2. The van der Waals surface area contributed by atoms with Gasteiger partial charge in [-0.25, -0.2) is 4.98 Å². The van der Waals surface area contributed by atoms with Crippen molar-refractivity contribution in [2.45, 2.75) is 13.0 Å². The number of nitrogens with zero attached hydrogens (tertiary/aromatic N) is 1. The van der Waals surface area contributed by atoms with E-state index in [2.05, 4.69) is 10.3 Å². The summed E-state index contributed by atoms with van der Waals surface area (Å²) < 4.78 is 12.3. The number of para-hydroxylation sites is 3. The van der Waals surface area contributed by atoms with Crippen LogP contribution < -0.4 is 14.8 Å². The molecule has 5 nitrogen and oxygen atoms in total. The van der Waals surface area contributed by atoms with Gasteiger partial charge in [0.25, 0.3) is 5.91 Å². The van der Waals surface area contributed by atoms with Gasteiger partial charge in [0.2, 0.25) is 6.10 Å². The molecule has 116 valence electrons. The molecule has 1 aliphatic rings. The molecule has 1 N–H and O–H groups in total.